The summed E-state index contributed by atoms with van der Waals surface area (Å²) < 4.78 is 28.1. The number of nitrogens with zero attached hydrogens (tertiary/aromatic N) is 2. The molecule has 0 atom stereocenters. The quantitative estimate of drug-likeness (QED) is 0.862. The van der Waals surface area contributed by atoms with E-state index in [2.05, 4.69) is 20.3 Å². The number of hydrogen-bond donors (Lipinski definition) is 1. The summed E-state index contributed by atoms with van der Waals surface area (Å²) in [5.41, 5.74) is 2.18. The van der Waals surface area contributed by atoms with E-state index in [4.69, 9.17) is 0 Å². The molecular weight excluding hydrogens is 288 g/mol. The normalized spacial score (nSPS) is 10.9. The highest BCUT2D eigenvalue weighted by Gasteiger charge is 2.03. The summed E-state index contributed by atoms with van der Waals surface area (Å²) in [6.07, 6.45) is 2.85. The summed E-state index contributed by atoms with van der Waals surface area (Å²) in [6, 6.07) is 5.92. The Bertz CT molecular complexity index is 585. The van der Waals surface area contributed by atoms with Gasteiger partial charge >= 0.3 is 6.61 Å². The Hall–Kier alpha value is -2.35. The van der Waals surface area contributed by atoms with Crippen LogP contribution >= 0.6 is 11.3 Å². The number of nitrogens with one attached hydrogen (secondary N) is 1. The summed E-state index contributed by atoms with van der Waals surface area (Å²) in [7, 11) is 0. The number of hydrogen-bond acceptors (Lipinski definition) is 5. The second-order valence-electron chi connectivity index (χ2n) is 3.51. The van der Waals surface area contributed by atoms with E-state index in [9.17, 15) is 13.6 Å². The van der Waals surface area contributed by atoms with E-state index in [0.29, 0.717) is 10.7 Å². The van der Waals surface area contributed by atoms with Gasteiger partial charge in [0.05, 0.1) is 0 Å². The van der Waals surface area contributed by atoms with Gasteiger partial charge in [-0.2, -0.15) is 8.78 Å². The van der Waals surface area contributed by atoms with Crippen molar-refractivity contribution >= 4 is 28.5 Å². The number of benzene rings is 1. The fourth-order valence-corrected chi connectivity index (χ4v) is 1.75. The molecule has 104 valence electrons. The van der Waals surface area contributed by atoms with Gasteiger partial charge in [-0.3, -0.25) is 10.1 Å². The fourth-order valence-electron chi connectivity index (χ4n) is 1.31. The average molecular weight is 297 g/mol. The third kappa shape index (κ3) is 4.39. The maximum absolute atomic E-state index is 12.0. The summed E-state index contributed by atoms with van der Waals surface area (Å²) in [6.45, 7) is -2.85. The highest BCUT2D eigenvalue weighted by atomic mass is 32.1. The topological polar surface area (TPSA) is 64.1 Å². The lowest BCUT2D eigenvalue weighted by molar-refractivity contribution is -0.111. The Morgan fingerprint density at radius 1 is 1.35 bits per heavy atom. The van der Waals surface area contributed by atoms with Gasteiger partial charge < -0.3 is 4.74 Å². The first-order valence-electron chi connectivity index (χ1n) is 5.43. The zero-order valence-corrected chi connectivity index (χ0v) is 10.8. The molecule has 0 aliphatic rings. The minimum absolute atomic E-state index is 0.0652. The molecule has 0 bridgehead atoms. The number of amides is 1. The zero-order chi connectivity index (χ0) is 14.4. The van der Waals surface area contributed by atoms with Crippen molar-refractivity contribution in [2.75, 3.05) is 5.32 Å². The molecule has 5 nitrogen and oxygen atoms in total. The Balaban J connectivity index is 1.92. The van der Waals surface area contributed by atoms with Gasteiger partial charge in [-0.1, -0.05) is 23.5 Å². The van der Waals surface area contributed by atoms with Crippen molar-refractivity contribution < 1.29 is 18.3 Å². The van der Waals surface area contributed by atoms with Crippen molar-refractivity contribution in [3.05, 3.63) is 41.4 Å². The lowest BCUT2D eigenvalue weighted by Gasteiger charge is -2.03. The van der Waals surface area contributed by atoms with Crippen molar-refractivity contribution in [3.8, 4) is 5.75 Å². The van der Waals surface area contributed by atoms with Crippen molar-refractivity contribution in [2.24, 2.45) is 0 Å². The molecule has 2 rings (SSSR count). The van der Waals surface area contributed by atoms with E-state index in [1.807, 2.05) is 0 Å². The number of carbonyl (C=O) groups is 1. The van der Waals surface area contributed by atoms with Gasteiger partial charge in [0.1, 0.15) is 11.3 Å². The molecule has 1 aromatic heterocycles. The standard InChI is InChI=1S/C12H9F2N3O2S/c13-11(14)19-9-4-1-8(2-5-9)3-6-10(18)16-12-17-15-7-20-12/h1-7,11H,(H,16,17,18). The molecule has 0 saturated carbocycles. The molecule has 8 heteroatoms. The Morgan fingerprint density at radius 2 is 2.10 bits per heavy atom. The summed E-state index contributed by atoms with van der Waals surface area (Å²) in [5.74, 6) is -0.287. The lowest BCUT2D eigenvalue weighted by atomic mass is 10.2. The van der Waals surface area contributed by atoms with E-state index in [-0.39, 0.29) is 11.7 Å². The number of rotatable bonds is 5. The second kappa shape index (κ2) is 6.71. The van der Waals surface area contributed by atoms with Crippen LogP contribution in [0, 0.1) is 0 Å². The predicted octanol–water partition coefficient (Wildman–Crippen LogP) is 2.79. The van der Waals surface area contributed by atoms with Crippen LogP contribution in [-0.4, -0.2) is 22.7 Å². The molecule has 0 fully saturated rings. The molecule has 0 radical (unpaired) electrons. The largest absolute Gasteiger partial charge is 0.435 e. The zero-order valence-electron chi connectivity index (χ0n) is 9.99. The van der Waals surface area contributed by atoms with Crippen LogP contribution in [0.1, 0.15) is 5.56 Å². The van der Waals surface area contributed by atoms with Gasteiger partial charge in [-0.15, -0.1) is 10.2 Å². The van der Waals surface area contributed by atoms with E-state index in [1.165, 1.54) is 35.1 Å². The van der Waals surface area contributed by atoms with Gasteiger partial charge in [0.2, 0.25) is 11.0 Å². The van der Waals surface area contributed by atoms with E-state index >= 15 is 0 Å². The molecule has 0 saturated heterocycles. The second-order valence-corrected chi connectivity index (χ2v) is 4.35. The highest BCUT2D eigenvalue weighted by molar-refractivity contribution is 7.13. The number of aromatic nitrogens is 2. The monoisotopic (exact) mass is 297 g/mol. The third-order valence-corrected chi connectivity index (χ3v) is 2.73. The van der Waals surface area contributed by atoms with Crippen molar-refractivity contribution in [1.82, 2.24) is 10.2 Å². The Morgan fingerprint density at radius 3 is 2.70 bits per heavy atom. The Labute approximate surface area is 116 Å². The smallest absolute Gasteiger partial charge is 0.387 e. The summed E-state index contributed by atoms with van der Waals surface area (Å²) in [4.78, 5) is 11.5. The van der Waals surface area contributed by atoms with Crippen LogP contribution in [0.5, 0.6) is 5.75 Å². The SMILES string of the molecule is O=C(C=Cc1ccc(OC(F)F)cc1)Nc1nncs1. The third-order valence-electron chi connectivity index (χ3n) is 2.12. The number of carbonyl (C=O) groups excluding carboxylic acids is 1. The van der Waals surface area contributed by atoms with Crippen LogP contribution in [0.4, 0.5) is 13.9 Å². The molecule has 0 aliphatic carbocycles. The van der Waals surface area contributed by atoms with Crippen LogP contribution < -0.4 is 10.1 Å². The number of halogens is 2. The van der Waals surface area contributed by atoms with Crippen LogP contribution in [0.25, 0.3) is 6.08 Å². The molecule has 1 aromatic carbocycles. The predicted molar refractivity (Wildman–Crippen MR) is 70.6 cm³/mol. The molecule has 0 unspecified atom stereocenters. The summed E-state index contributed by atoms with van der Waals surface area (Å²) >= 11 is 1.20. The molecule has 1 N–H and O–H groups in total. The molecular formula is C12H9F2N3O2S. The van der Waals surface area contributed by atoms with Gasteiger partial charge in [0.15, 0.2) is 0 Å². The van der Waals surface area contributed by atoms with Crippen LogP contribution in [-0.2, 0) is 4.79 Å². The minimum Gasteiger partial charge on any atom is -0.435 e. The van der Waals surface area contributed by atoms with Gasteiger partial charge in [0, 0.05) is 6.08 Å². The molecule has 2 aromatic rings. The summed E-state index contributed by atoms with van der Waals surface area (Å²) in [5, 5.41) is 10.2. The van der Waals surface area contributed by atoms with Crippen molar-refractivity contribution in [1.29, 1.82) is 0 Å². The van der Waals surface area contributed by atoms with E-state index in [0.717, 1.165) is 0 Å². The van der Waals surface area contributed by atoms with Gasteiger partial charge in [-0.25, -0.2) is 0 Å². The first kappa shape index (κ1) is 14.1. The number of alkyl halides is 2. The highest BCUT2D eigenvalue weighted by Crippen LogP contribution is 2.15. The van der Waals surface area contributed by atoms with Crippen molar-refractivity contribution in [2.45, 2.75) is 6.61 Å². The minimum atomic E-state index is -2.85. The lowest BCUT2D eigenvalue weighted by Crippen LogP contribution is -2.07. The molecule has 20 heavy (non-hydrogen) atoms. The number of ether oxygens (including phenoxy) is 1. The van der Waals surface area contributed by atoms with Crippen LogP contribution in [0.2, 0.25) is 0 Å². The molecule has 1 heterocycles. The fraction of sp³-hybridized carbons (Fsp3) is 0.0833. The number of anilines is 1. The first-order chi connectivity index (χ1) is 9.63. The van der Waals surface area contributed by atoms with E-state index < -0.39 is 6.61 Å². The van der Waals surface area contributed by atoms with Crippen LogP contribution in [0.15, 0.2) is 35.9 Å². The first-order valence-corrected chi connectivity index (χ1v) is 6.31. The van der Waals surface area contributed by atoms with E-state index in [1.54, 1.807) is 18.2 Å². The van der Waals surface area contributed by atoms with Crippen LogP contribution in [0.3, 0.4) is 0 Å². The molecule has 0 spiro atoms. The average Bonchev–Trinajstić information content (AvgIpc) is 2.90. The molecule has 1 amide bonds. The van der Waals surface area contributed by atoms with Crippen molar-refractivity contribution in [3.63, 3.8) is 0 Å². The maximum Gasteiger partial charge on any atom is 0.387 e. The maximum atomic E-state index is 12.0. The Kier molecular flexibility index (Phi) is 4.72. The van der Waals surface area contributed by atoms with Gasteiger partial charge in [-0.05, 0) is 23.8 Å². The molecule has 0 aliphatic heterocycles. The van der Waals surface area contributed by atoms with Gasteiger partial charge in [0.25, 0.3) is 0 Å².